The van der Waals surface area contributed by atoms with Crippen LogP contribution in [0.2, 0.25) is 0 Å². The fourth-order valence-electron chi connectivity index (χ4n) is 8.94. The number of benzene rings is 2. The molecule has 60 heavy (non-hydrogen) atoms. The highest BCUT2D eigenvalue weighted by molar-refractivity contribution is 5.91. The fraction of sp³-hybridized carbons (Fsp3) is 0.614. The number of oxazole rings is 1. The lowest BCUT2D eigenvalue weighted by Crippen LogP contribution is -2.55. The number of urea groups is 1. The Morgan fingerprint density at radius 1 is 0.900 bits per heavy atom. The highest BCUT2D eigenvalue weighted by atomic mass is 16.5. The molecule has 0 aliphatic carbocycles. The molecule has 16 heteroatoms. The number of esters is 1. The quantitative estimate of drug-likeness (QED) is 0.212. The molecule has 4 aliphatic heterocycles. The summed E-state index contributed by atoms with van der Waals surface area (Å²) in [5, 5.41) is 3.00. The van der Waals surface area contributed by atoms with Crippen molar-refractivity contribution < 1.29 is 33.1 Å². The summed E-state index contributed by atoms with van der Waals surface area (Å²) >= 11 is 0. The molecular formula is C44H64N8O8. The van der Waals surface area contributed by atoms with Crippen LogP contribution in [0, 0.1) is 12.8 Å². The number of aromatic amines is 1. The monoisotopic (exact) mass is 832 g/mol. The van der Waals surface area contributed by atoms with Crippen LogP contribution >= 0.6 is 0 Å². The van der Waals surface area contributed by atoms with Crippen molar-refractivity contribution in [3.05, 3.63) is 63.6 Å². The Hall–Kier alpha value is -4.93. The number of aryl methyl sites for hydroxylation is 1. The average Bonchev–Trinajstić information content (AvgIpc) is 3.54. The number of amides is 4. The van der Waals surface area contributed by atoms with Gasteiger partial charge in [-0.1, -0.05) is 31.2 Å². The van der Waals surface area contributed by atoms with Crippen LogP contribution in [-0.4, -0.2) is 170 Å². The number of fused-ring (bicyclic) bond motifs is 2. The zero-order chi connectivity index (χ0) is 42.8. The highest BCUT2D eigenvalue weighted by Gasteiger charge is 2.33. The van der Waals surface area contributed by atoms with Gasteiger partial charge in [-0.3, -0.25) is 24.4 Å². The molecule has 16 nitrogen and oxygen atoms in total. The minimum absolute atomic E-state index is 0.0403. The molecule has 4 amide bonds. The number of nitrogens with zero attached hydrogens (tertiary/aromatic N) is 6. The van der Waals surface area contributed by atoms with E-state index in [0.29, 0.717) is 50.8 Å². The first kappa shape index (κ1) is 44.6. The van der Waals surface area contributed by atoms with E-state index < -0.39 is 5.76 Å². The number of anilines is 1. The summed E-state index contributed by atoms with van der Waals surface area (Å²) in [6, 6.07) is 12.4. The number of H-pyrrole nitrogens is 1. The van der Waals surface area contributed by atoms with Crippen molar-refractivity contribution in [1.82, 2.24) is 34.4 Å². The van der Waals surface area contributed by atoms with Crippen LogP contribution in [0.4, 0.5) is 15.3 Å². The maximum atomic E-state index is 13.2. The minimum Gasteiger partial charge on any atom is -0.465 e. The second kappa shape index (κ2) is 21.0. The van der Waals surface area contributed by atoms with Crippen LogP contribution in [-0.2, 0) is 31.9 Å². The molecule has 1 aromatic heterocycles. The molecule has 328 valence electrons. The molecule has 0 saturated carbocycles. The van der Waals surface area contributed by atoms with Gasteiger partial charge in [-0.25, -0.2) is 14.4 Å². The smallest absolute Gasteiger partial charge is 0.417 e. The van der Waals surface area contributed by atoms with Crippen molar-refractivity contribution in [2.24, 2.45) is 5.92 Å². The number of likely N-dealkylation sites (tertiary alicyclic amines) is 2. The van der Waals surface area contributed by atoms with Crippen LogP contribution in [0.15, 0.2) is 45.6 Å². The Kier molecular flexibility index (Phi) is 15.6. The lowest BCUT2D eigenvalue weighted by atomic mass is 9.97. The van der Waals surface area contributed by atoms with Crippen LogP contribution in [0.1, 0.15) is 55.7 Å². The number of piperidine rings is 2. The fourth-order valence-corrected chi connectivity index (χ4v) is 8.94. The minimum atomic E-state index is -0.457. The van der Waals surface area contributed by atoms with Crippen molar-refractivity contribution in [3.63, 3.8) is 0 Å². The molecule has 2 aromatic carbocycles. The number of para-hydroxylation sites is 1. The normalized spacial score (nSPS) is 19.0. The topological polar surface area (TPSA) is 164 Å². The van der Waals surface area contributed by atoms with E-state index in [2.05, 4.69) is 31.1 Å². The molecule has 5 heterocycles. The predicted molar refractivity (Wildman–Crippen MR) is 229 cm³/mol. The van der Waals surface area contributed by atoms with Gasteiger partial charge in [0.05, 0.1) is 25.8 Å². The Bertz CT molecular complexity index is 1980. The summed E-state index contributed by atoms with van der Waals surface area (Å²) in [5.41, 5.74) is 5.28. The van der Waals surface area contributed by atoms with Gasteiger partial charge in [-0.2, -0.15) is 0 Å². The number of carbonyl (C=O) groups is 4. The Morgan fingerprint density at radius 2 is 1.60 bits per heavy atom. The zero-order valence-electron chi connectivity index (χ0n) is 36.1. The molecule has 3 saturated heterocycles. The number of nitrogens with one attached hydrogen (secondary N) is 2. The summed E-state index contributed by atoms with van der Waals surface area (Å²) in [6.07, 6.45) is 5.69. The van der Waals surface area contributed by atoms with E-state index in [-0.39, 0.29) is 36.0 Å². The van der Waals surface area contributed by atoms with Gasteiger partial charge >= 0.3 is 23.8 Å². The van der Waals surface area contributed by atoms with E-state index in [1.807, 2.05) is 68.1 Å². The van der Waals surface area contributed by atoms with Crippen molar-refractivity contribution in [2.75, 3.05) is 105 Å². The summed E-state index contributed by atoms with van der Waals surface area (Å²) in [7, 11) is 5.43. The molecular weight excluding hydrogens is 769 g/mol. The third-order valence-electron chi connectivity index (χ3n) is 12.3. The summed E-state index contributed by atoms with van der Waals surface area (Å²) in [6.45, 7) is 12.7. The molecule has 1 atom stereocenters. The molecule has 0 spiro atoms. The van der Waals surface area contributed by atoms with Gasteiger partial charge in [0.2, 0.25) is 5.91 Å². The van der Waals surface area contributed by atoms with E-state index in [1.54, 1.807) is 4.90 Å². The first-order valence-corrected chi connectivity index (χ1v) is 21.5. The van der Waals surface area contributed by atoms with Crippen LogP contribution in [0.25, 0.3) is 11.1 Å². The Labute approximate surface area is 353 Å². The summed E-state index contributed by atoms with van der Waals surface area (Å²) < 4.78 is 15.4. The molecule has 7 rings (SSSR count). The second-order valence-electron chi connectivity index (χ2n) is 16.9. The van der Waals surface area contributed by atoms with Gasteiger partial charge in [0, 0.05) is 89.1 Å². The molecule has 3 aromatic rings. The standard InChI is InChI=1S/C28H43N5O5.C16H21N3O3/c1-20-16-22(18-24-26(20)29-28(36)38-24)17-21(2)27(35)33-13-11-32(12-14-33)23-6-9-31(10-7-23)19-25(34)37-15-5-8-30(3)4;1-22-16(21)18-9-7-13(8-10-18)19-11-6-12-4-2-3-5-14(12)17-15(19)20/h16,18,21,23H,5-15,17,19H2,1-4H3,(H,29,36);2-5,13H,6-11H2,1H3,(H,17,20)/t21-;/m1./s1. The van der Waals surface area contributed by atoms with E-state index in [9.17, 15) is 24.0 Å². The number of aromatic nitrogens is 1. The van der Waals surface area contributed by atoms with Gasteiger partial charge in [0.25, 0.3) is 0 Å². The summed E-state index contributed by atoms with van der Waals surface area (Å²) in [4.78, 5) is 76.0. The third kappa shape index (κ3) is 11.9. The van der Waals surface area contributed by atoms with Crippen LogP contribution in [0.3, 0.4) is 0 Å². The second-order valence-corrected chi connectivity index (χ2v) is 16.9. The number of rotatable bonds is 11. The van der Waals surface area contributed by atoms with Gasteiger partial charge in [-0.05, 0) is 94.8 Å². The van der Waals surface area contributed by atoms with Crippen molar-refractivity contribution >= 4 is 40.8 Å². The predicted octanol–water partition coefficient (Wildman–Crippen LogP) is 4.02. The highest BCUT2D eigenvalue weighted by Crippen LogP contribution is 2.26. The van der Waals surface area contributed by atoms with Crippen molar-refractivity contribution in [2.45, 2.75) is 70.9 Å². The first-order chi connectivity index (χ1) is 28.9. The SMILES string of the molecule is COC(=O)N1CCC(N2CCc3ccccc3NC2=O)CC1.Cc1cc(C[C@@H](C)C(=O)N2CCN(C3CCN(CC(=O)OCCCN(C)C)CC3)CC2)cc2oc(=O)[nH]c12. The van der Waals surface area contributed by atoms with E-state index in [4.69, 9.17) is 13.9 Å². The van der Waals surface area contributed by atoms with Crippen molar-refractivity contribution in [1.29, 1.82) is 0 Å². The van der Waals surface area contributed by atoms with E-state index in [0.717, 1.165) is 107 Å². The number of methoxy groups -OCH3 is 1. The molecule has 2 N–H and O–H groups in total. The van der Waals surface area contributed by atoms with E-state index in [1.165, 1.54) is 12.7 Å². The maximum Gasteiger partial charge on any atom is 0.417 e. The number of hydrogen-bond donors (Lipinski definition) is 2. The average molecular weight is 833 g/mol. The van der Waals surface area contributed by atoms with E-state index >= 15 is 0 Å². The largest absolute Gasteiger partial charge is 0.465 e. The molecule has 4 aliphatic rings. The molecule has 0 unspecified atom stereocenters. The Morgan fingerprint density at radius 3 is 2.30 bits per heavy atom. The lowest BCUT2D eigenvalue weighted by molar-refractivity contribution is -0.145. The number of hydrogen-bond acceptors (Lipinski definition) is 11. The molecule has 0 radical (unpaired) electrons. The zero-order valence-corrected chi connectivity index (χ0v) is 36.1. The van der Waals surface area contributed by atoms with Gasteiger partial charge in [-0.15, -0.1) is 0 Å². The third-order valence-corrected chi connectivity index (χ3v) is 12.3. The number of piperazine rings is 1. The lowest BCUT2D eigenvalue weighted by Gasteiger charge is -2.43. The van der Waals surface area contributed by atoms with Crippen molar-refractivity contribution in [3.8, 4) is 0 Å². The van der Waals surface area contributed by atoms with Crippen LogP contribution < -0.4 is 11.1 Å². The molecule has 0 bridgehead atoms. The Balaban J connectivity index is 0.000000232. The maximum absolute atomic E-state index is 13.2. The molecule has 3 fully saturated rings. The number of carbonyl (C=O) groups excluding carboxylic acids is 4. The van der Waals surface area contributed by atoms with Gasteiger partial charge < -0.3 is 38.8 Å². The number of ether oxygens (including phenoxy) is 2. The summed E-state index contributed by atoms with van der Waals surface area (Å²) in [5.74, 6) is -0.551. The first-order valence-electron chi connectivity index (χ1n) is 21.5. The van der Waals surface area contributed by atoms with Gasteiger partial charge in [0.1, 0.15) is 0 Å². The van der Waals surface area contributed by atoms with Gasteiger partial charge in [0.15, 0.2) is 5.58 Å². The van der Waals surface area contributed by atoms with Crippen LogP contribution in [0.5, 0.6) is 0 Å².